The van der Waals surface area contributed by atoms with E-state index in [9.17, 15) is 28.7 Å². The summed E-state index contributed by atoms with van der Waals surface area (Å²) in [7, 11) is -9.27. The zero-order chi connectivity index (χ0) is 22.1. The van der Waals surface area contributed by atoms with Crippen molar-refractivity contribution >= 4 is 15.2 Å². The van der Waals surface area contributed by atoms with E-state index in [-0.39, 0.29) is 12.8 Å². The first-order valence-electron chi connectivity index (χ1n) is 10.2. The lowest BCUT2D eigenvalue weighted by Gasteiger charge is -2.48. The lowest BCUT2D eigenvalue weighted by Crippen LogP contribution is -2.73. The Morgan fingerprint density at radius 3 is 1.71 bits per heavy atom. The molecule has 0 spiro atoms. The van der Waals surface area contributed by atoms with Crippen molar-refractivity contribution in [2.75, 3.05) is 6.16 Å². The lowest BCUT2D eigenvalue weighted by molar-refractivity contribution is 0.138. The molecule has 0 saturated carbocycles. The van der Waals surface area contributed by atoms with Crippen LogP contribution in [-0.2, 0) is 9.13 Å². The van der Waals surface area contributed by atoms with Crippen LogP contribution in [0, 0.1) is 5.92 Å². The molecule has 2 atom stereocenters. The molecule has 28 heavy (non-hydrogen) atoms. The van der Waals surface area contributed by atoms with Crippen molar-refractivity contribution in [1.82, 2.24) is 0 Å². The zero-order valence-electron chi connectivity index (χ0n) is 17.3. The summed E-state index contributed by atoms with van der Waals surface area (Å²) >= 11 is 0. The predicted octanol–water partition coefficient (Wildman–Crippen LogP) is 2.56. The Balaban J connectivity index is 5.74. The Hall–Kier alpha value is 0.180. The Bertz CT molecular complexity index is 537. The molecule has 0 fully saturated rings. The van der Waals surface area contributed by atoms with E-state index < -0.39 is 38.2 Å². The van der Waals surface area contributed by atoms with Gasteiger partial charge in [0.1, 0.15) is 0 Å². The fourth-order valence-electron chi connectivity index (χ4n) is 3.65. The maximum absolute atomic E-state index is 12.1. The summed E-state index contributed by atoms with van der Waals surface area (Å²) in [6, 6.07) is 0. The van der Waals surface area contributed by atoms with E-state index >= 15 is 0 Å². The van der Waals surface area contributed by atoms with Gasteiger partial charge in [-0.05, 0) is 25.2 Å². The number of unbranched alkanes of at least 4 members (excludes halogenated alkanes) is 6. The minimum atomic E-state index is -4.97. The van der Waals surface area contributed by atoms with Gasteiger partial charge in [0.2, 0.25) is 0 Å². The van der Waals surface area contributed by atoms with E-state index in [1.54, 1.807) is 0 Å². The largest absolute Gasteiger partial charge is 0.361 e. The third-order valence-electron chi connectivity index (χ3n) is 5.58. The fourth-order valence-corrected chi connectivity index (χ4v) is 5.13. The quantitative estimate of drug-likeness (QED) is 0.106. The van der Waals surface area contributed by atoms with Crippen molar-refractivity contribution in [3.8, 4) is 0 Å². The molecule has 170 valence electrons. The van der Waals surface area contributed by atoms with Gasteiger partial charge in [-0.2, -0.15) is 0 Å². The van der Waals surface area contributed by atoms with E-state index in [0.29, 0.717) is 12.8 Å². The van der Waals surface area contributed by atoms with Gasteiger partial charge in [-0.1, -0.05) is 65.2 Å². The molecule has 0 aromatic carbocycles. The highest BCUT2D eigenvalue weighted by Crippen LogP contribution is 2.53. The van der Waals surface area contributed by atoms with Crippen LogP contribution < -0.4 is 17.2 Å². The number of hydrogen-bond donors (Lipinski definition) is 7. The van der Waals surface area contributed by atoms with Crippen LogP contribution in [0.5, 0.6) is 0 Å². The normalized spacial score (nSPS) is 16.8. The average molecular weight is 445 g/mol. The van der Waals surface area contributed by atoms with Crippen LogP contribution in [0.3, 0.4) is 0 Å². The van der Waals surface area contributed by atoms with Crippen LogP contribution in [0.15, 0.2) is 0 Å². The van der Waals surface area contributed by atoms with Crippen LogP contribution in [-0.4, -0.2) is 36.7 Å². The van der Waals surface area contributed by atoms with Gasteiger partial charge in [0.15, 0.2) is 5.40 Å². The van der Waals surface area contributed by atoms with Gasteiger partial charge in [-0.15, -0.1) is 0 Å². The van der Waals surface area contributed by atoms with Crippen molar-refractivity contribution in [2.24, 2.45) is 23.1 Å². The summed E-state index contributed by atoms with van der Waals surface area (Å²) in [5.41, 5.74) is 16.8. The highest BCUT2D eigenvalue weighted by molar-refractivity contribution is 7.53. The molecule has 0 aliphatic heterocycles. The van der Waals surface area contributed by atoms with Crippen LogP contribution in [0.2, 0.25) is 0 Å². The van der Waals surface area contributed by atoms with Crippen molar-refractivity contribution in [3.63, 3.8) is 0 Å². The molecule has 0 aliphatic rings. The summed E-state index contributed by atoms with van der Waals surface area (Å²) in [6.07, 6.45) is 7.18. The highest BCUT2D eigenvalue weighted by Gasteiger charge is 2.57. The molecule has 0 amide bonds. The van der Waals surface area contributed by atoms with Crippen LogP contribution in [0.4, 0.5) is 0 Å². The van der Waals surface area contributed by atoms with Gasteiger partial charge in [0, 0.05) is 0 Å². The second-order valence-electron chi connectivity index (χ2n) is 7.94. The molecule has 0 aromatic heterocycles. The van der Waals surface area contributed by atoms with Gasteiger partial charge in [-0.3, -0.25) is 9.13 Å². The van der Waals surface area contributed by atoms with Crippen molar-refractivity contribution in [1.29, 1.82) is 0 Å². The molecule has 0 rings (SSSR count). The van der Waals surface area contributed by atoms with Crippen molar-refractivity contribution in [3.05, 3.63) is 0 Å². The first-order chi connectivity index (χ1) is 12.7. The molecule has 11 heteroatoms. The minimum Gasteiger partial charge on any atom is -0.324 e. The molecular formula is C17H41N3O6P2. The monoisotopic (exact) mass is 445 g/mol. The molecule has 0 aromatic rings. The van der Waals surface area contributed by atoms with E-state index in [2.05, 4.69) is 6.92 Å². The Kier molecular flexibility index (Phi) is 12.2. The third kappa shape index (κ3) is 8.90. The third-order valence-corrected chi connectivity index (χ3v) is 7.80. The zero-order valence-corrected chi connectivity index (χ0v) is 19.1. The summed E-state index contributed by atoms with van der Waals surface area (Å²) in [5.74, 6) is -0.610. The van der Waals surface area contributed by atoms with Crippen LogP contribution in [0.1, 0.15) is 84.5 Å². The topological polar surface area (TPSA) is 193 Å². The molecule has 0 radical (unpaired) electrons. The maximum Gasteiger partial charge on any atom is 0.361 e. The van der Waals surface area contributed by atoms with Crippen LogP contribution >= 0.6 is 15.2 Å². The minimum absolute atomic E-state index is 0.0107. The van der Waals surface area contributed by atoms with E-state index in [0.717, 1.165) is 44.9 Å². The second kappa shape index (κ2) is 12.1. The Morgan fingerprint density at radius 1 is 0.786 bits per heavy atom. The smallest absolute Gasteiger partial charge is 0.324 e. The fraction of sp³-hybridized carbons (Fsp3) is 1.00. The Morgan fingerprint density at radius 2 is 1.29 bits per heavy atom. The first kappa shape index (κ1) is 28.2. The van der Waals surface area contributed by atoms with E-state index in [1.165, 1.54) is 0 Å². The lowest BCUT2D eigenvalue weighted by atomic mass is 9.74. The molecule has 9 nitrogen and oxygen atoms in total. The summed E-state index contributed by atoms with van der Waals surface area (Å²) in [4.78, 5) is 38.2. The molecular weight excluding hydrogens is 404 g/mol. The number of nitrogens with two attached hydrogens (primary N) is 3. The van der Waals surface area contributed by atoms with Crippen molar-refractivity contribution in [2.45, 2.75) is 95.4 Å². The summed E-state index contributed by atoms with van der Waals surface area (Å²) in [5, 5.41) is -2.48. The number of hydrogen-bond acceptors (Lipinski definition) is 5. The SMILES string of the molecule is CCCCCCC(CCP(=O)(O)O)C(N)(CCCCCC)C(N)(N)P(=O)(O)O. The van der Waals surface area contributed by atoms with Gasteiger partial charge >= 0.3 is 15.2 Å². The molecule has 0 aliphatic carbocycles. The highest BCUT2D eigenvalue weighted by atomic mass is 31.2. The molecule has 10 N–H and O–H groups in total. The number of rotatable bonds is 16. The van der Waals surface area contributed by atoms with Gasteiger partial charge in [-0.25, -0.2) is 0 Å². The average Bonchev–Trinajstić information content (AvgIpc) is 2.55. The standard InChI is InChI=1S/C17H41N3O6P2/c1-3-5-7-9-11-15(12-14-27(21,22)23)16(18,13-10-8-6-4-2)17(19,20)28(24,25)26/h15H,3-14,18-20H2,1-2H3,(H2,21,22,23)(H2,24,25,26). The molecule has 0 heterocycles. The van der Waals surface area contributed by atoms with E-state index in [4.69, 9.17) is 17.2 Å². The van der Waals surface area contributed by atoms with E-state index in [1.807, 2.05) is 6.92 Å². The summed E-state index contributed by atoms with van der Waals surface area (Å²) in [6.45, 7) is 4.10. The molecule has 2 unspecified atom stereocenters. The molecule has 0 bridgehead atoms. The first-order valence-corrected chi connectivity index (χ1v) is 13.6. The maximum atomic E-state index is 12.1. The van der Waals surface area contributed by atoms with Crippen LogP contribution in [0.25, 0.3) is 0 Å². The van der Waals surface area contributed by atoms with Gasteiger partial charge in [0.05, 0.1) is 11.7 Å². The van der Waals surface area contributed by atoms with Crippen molar-refractivity contribution < 1.29 is 28.7 Å². The second-order valence-corrected chi connectivity index (χ2v) is 11.5. The summed E-state index contributed by atoms with van der Waals surface area (Å²) < 4.78 is 23.5. The Labute approximate surface area is 169 Å². The van der Waals surface area contributed by atoms with Gasteiger partial charge in [0.25, 0.3) is 0 Å². The molecule has 0 saturated heterocycles. The predicted molar refractivity (Wildman–Crippen MR) is 113 cm³/mol. The van der Waals surface area contributed by atoms with Gasteiger partial charge < -0.3 is 36.8 Å².